The van der Waals surface area contributed by atoms with Crippen molar-refractivity contribution in [3.05, 3.63) is 75.8 Å². The third-order valence-corrected chi connectivity index (χ3v) is 6.08. The van der Waals surface area contributed by atoms with Crippen LogP contribution in [0.15, 0.2) is 47.7 Å². The maximum Gasteiger partial charge on any atom is 0.277 e. The van der Waals surface area contributed by atoms with Gasteiger partial charge in [0.2, 0.25) is 0 Å². The van der Waals surface area contributed by atoms with Gasteiger partial charge in [0, 0.05) is 17.1 Å². The summed E-state index contributed by atoms with van der Waals surface area (Å²) in [6.45, 7) is 1.66. The molecule has 2 aromatic rings. The van der Waals surface area contributed by atoms with Gasteiger partial charge < -0.3 is 10.4 Å². The molecule has 2 aliphatic heterocycles. The highest BCUT2D eigenvalue weighted by Gasteiger charge is 2.52. The van der Waals surface area contributed by atoms with Gasteiger partial charge in [-0.05, 0) is 44.0 Å². The predicted octanol–water partition coefficient (Wildman–Crippen LogP) is 4.32. The number of rotatable bonds is 4. The van der Waals surface area contributed by atoms with E-state index in [1.807, 2.05) is 0 Å². The van der Waals surface area contributed by atoms with Crippen LogP contribution < -0.4 is 5.32 Å². The molecule has 0 bridgehead atoms. The Balaban J connectivity index is 1.72. The summed E-state index contributed by atoms with van der Waals surface area (Å²) in [7, 11) is 0. The molecule has 0 unspecified atom stereocenters. The second-order valence-electron chi connectivity index (χ2n) is 7.88. The summed E-state index contributed by atoms with van der Waals surface area (Å²) in [6, 6.07) is 7.19. The average Bonchev–Trinajstić information content (AvgIpc) is 3.14. The quantitative estimate of drug-likeness (QED) is 0.660. The maximum absolute atomic E-state index is 14.3. The molecule has 1 saturated heterocycles. The van der Waals surface area contributed by atoms with Crippen molar-refractivity contribution in [1.29, 1.82) is 0 Å². The normalized spacial score (nSPS) is 21.2. The molecule has 0 radical (unpaired) electrons. The number of amides is 2. The Morgan fingerprint density at radius 2 is 1.97 bits per heavy atom. The first-order chi connectivity index (χ1) is 15.1. The van der Waals surface area contributed by atoms with Crippen molar-refractivity contribution in [2.75, 3.05) is 11.9 Å². The SMILES string of the molecule is C[C@]12CCCN1N(Cc1cccc(F)c1F)C(=O)C(C(=O)Nc1ccc(Cl)cc1F)=C2O. The van der Waals surface area contributed by atoms with Crippen LogP contribution in [-0.2, 0) is 16.1 Å². The minimum absolute atomic E-state index is 0.0857. The second-order valence-corrected chi connectivity index (χ2v) is 8.31. The fraction of sp³-hybridized carbons (Fsp3) is 0.273. The standard InChI is InChI=1S/C22H19ClF3N3O3/c1-22-8-3-9-29(22)28(11-12-4-2-5-14(24)18(12)26)21(32)17(19(22)30)20(31)27-16-7-6-13(23)10-15(16)25/h2,4-7,10,30H,3,8-9,11H2,1H3,(H,27,31)/t22-/m1/s1. The van der Waals surface area contributed by atoms with Gasteiger partial charge in [-0.1, -0.05) is 23.7 Å². The van der Waals surface area contributed by atoms with E-state index in [9.17, 15) is 27.9 Å². The molecule has 1 fully saturated rings. The number of aliphatic hydroxyl groups excluding tert-OH is 1. The summed E-state index contributed by atoms with van der Waals surface area (Å²) < 4.78 is 42.1. The number of fused-ring (bicyclic) bond motifs is 1. The molecule has 2 aliphatic rings. The molecule has 0 spiro atoms. The van der Waals surface area contributed by atoms with Gasteiger partial charge in [-0.15, -0.1) is 0 Å². The number of benzene rings is 2. The van der Waals surface area contributed by atoms with E-state index < -0.39 is 46.1 Å². The highest BCUT2D eigenvalue weighted by molar-refractivity contribution is 6.30. The minimum Gasteiger partial charge on any atom is -0.509 e. The van der Waals surface area contributed by atoms with E-state index in [0.717, 1.165) is 17.1 Å². The molecular weight excluding hydrogens is 447 g/mol. The van der Waals surface area contributed by atoms with Crippen LogP contribution in [0.2, 0.25) is 5.02 Å². The van der Waals surface area contributed by atoms with Crippen LogP contribution in [0.5, 0.6) is 0 Å². The Morgan fingerprint density at radius 1 is 1.22 bits per heavy atom. The lowest BCUT2D eigenvalue weighted by atomic mass is 9.90. The molecule has 0 aromatic heterocycles. The molecule has 0 aliphatic carbocycles. The summed E-state index contributed by atoms with van der Waals surface area (Å²) in [5, 5.41) is 16.0. The van der Waals surface area contributed by atoms with Crippen LogP contribution in [0.25, 0.3) is 0 Å². The number of hydrogen-bond donors (Lipinski definition) is 2. The number of aliphatic hydroxyl groups is 1. The molecule has 32 heavy (non-hydrogen) atoms. The smallest absolute Gasteiger partial charge is 0.277 e. The molecule has 2 heterocycles. The highest BCUT2D eigenvalue weighted by atomic mass is 35.5. The van der Waals surface area contributed by atoms with Gasteiger partial charge in [0.1, 0.15) is 17.1 Å². The number of nitrogens with zero attached hydrogens (tertiary/aromatic N) is 2. The van der Waals surface area contributed by atoms with E-state index in [4.69, 9.17) is 11.6 Å². The van der Waals surface area contributed by atoms with E-state index >= 15 is 0 Å². The average molecular weight is 466 g/mol. The maximum atomic E-state index is 14.3. The summed E-state index contributed by atoms with van der Waals surface area (Å²) in [5.41, 5.74) is -2.01. The van der Waals surface area contributed by atoms with Gasteiger partial charge in [0.15, 0.2) is 11.6 Å². The molecule has 6 nitrogen and oxygen atoms in total. The predicted molar refractivity (Wildman–Crippen MR) is 111 cm³/mol. The summed E-state index contributed by atoms with van der Waals surface area (Å²) in [4.78, 5) is 26.2. The lowest BCUT2D eigenvalue weighted by Crippen LogP contribution is -2.60. The Morgan fingerprint density at radius 3 is 2.69 bits per heavy atom. The number of nitrogens with one attached hydrogen (secondary N) is 1. The monoisotopic (exact) mass is 465 g/mol. The molecule has 4 rings (SSSR count). The van der Waals surface area contributed by atoms with Gasteiger partial charge >= 0.3 is 0 Å². The van der Waals surface area contributed by atoms with Gasteiger partial charge in [-0.3, -0.25) is 14.6 Å². The summed E-state index contributed by atoms with van der Waals surface area (Å²) in [6.07, 6.45) is 1.01. The third kappa shape index (κ3) is 3.61. The Labute approximate surface area is 186 Å². The van der Waals surface area contributed by atoms with Crippen LogP contribution in [0, 0.1) is 17.5 Å². The number of anilines is 1. The lowest BCUT2D eigenvalue weighted by molar-refractivity contribution is -0.160. The van der Waals surface area contributed by atoms with Crippen LogP contribution in [-0.4, -0.2) is 39.0 Å². The summed E-state index contributed by atoms with van der Waals surface area (Å²) >= 11 is 5.72. The lowest BCUT2D eigenvalue weighted by Gasteiger charge is -2.46. The van der Waals surface area contributed by atoms with E-state index in [1.165, 1.54) is 24.3 Å². The van der Waals surface area contributed by atoms with Crippen molar-refractivity contribution in [2.45, 2.75) is 31.8 Å². The van der Waals surface area contributed by atoms with Crippen molar-refractivity contribution >= 4 is 29.1 Å². The van der Waals surface area contributed by atoms with Crippen LogP contribution >= 0.6 is 11.6 Å². The van der Waals surface area contributed by atoms with E-state index in [0.29, 0.717) is 19.4 Å². The largest absolute Gasteiger partial charge is 0.509 e. The number of halogens is 4. The van der Waals surface area contributed by atoms with E-state index in [-0.39, 0.29) is 22.8 Å². The van der Waals surface area contributed by atoms with Gasteiger partial charge in [-0.25, -0.2) is 18.2 Å². The van der Waals surface area contributed by atoms with Crippen LogP contribution in [0.3, 0.4) is 0 Å². The molecule has 2 N–H and O–H groups in total. The van der Waals surface area contributed by atoms with Crippen LogP contribution in [0.1, 0.15) is 25.3 Å². The molecule has 168 valence electrons. The number of hydrazine groups is 1. The molecule has 0 saturated carbocycles. The first-order valence-corrected chi connectivity index (χ1v) is 10.2. The molecular formula is C22H19ClF3N3O3. The number of carbonyl (C=O) groups is 2. The van der Waals surface area contributed by atoms with E-state index in [1.54, 1.807) is 11.9 Å². The van der Waals surface area contributed by atoms with Crippen molar-refractivity contribution in [1.82, 2.24) is 10.0 Å². The Hall–Kier alpha value is -3.04. The molecule has 2 amide bonds. The van der Waals surface area contributed by atoms with Crippen LogP contribution in [0.4, 0.5) is 18.9 Å². The van der Waals surface area contributed by atoms with Crippen molar-refractivity contribution in [2.24, 2.45) is 0 Å². The number of hydrogen-bond acceptors (Lipinski definition) is 4. The van der Waals surface area contributed by atoms with Gasteiger partial charge in [-0.2, -0.15) is 0 Å². The first kappa shape index (κ1) is 22.2. The second kappa shape index (κ2) is 8.14. The third-order valence-electron chi connectivity index (χ3n) is 5.85. The van der Waals surface area contributed by atoms with E-state index in [2.05, 4.69) is 5.32 Å². The zero-order chi connectivity index (χ0) is 23.2. The molecule has 1 atom stereocenters. The Bertz CT molecular complexity index is 1160. The zero-order valence-electron chi connectivity index (χ0n) is 17.0. The minimum atomic E-state index is -1.11. The zero-order valence-corrected chi connectivity index (χ0v) is 17.7. The topological polar surface area (TPSA) is 72.9 Å². The van der Waals surface area contributed by atoms with Gasteiger partial charge in [0.05, 0.1) is 17.8 Å². The number of carbonyl (C=O) groups excluding carboxylic acids is 2. The van der Waals surface area contributed by atoms with Crippen molar-refractivity contribution in [3.63, 3.8) is 0 Å². The molecule has 10 heteroatoms. The first-order valence-electron chi connectivity index (χ1n) is 9.86. The van der Waals surface area contributed by atoms with Crippen molar-refractivity contribution in [3.8, 4) is 0 Å². The highest BCUT2D eigenvalue weighted by Crippen LogP contribution is 2.42. The Kier molecular flexibility index (Phi) is 5.64. The van der Waals surface area contributed by atoms with Crippen molar-refractivity contribution < 1.29 is 27.9 Å². The summed E-state index contributed by atoms with van der Waals surface area (Å²) in [5.74, 6) is -5.37. The fourth-order valence-electron chi connectivity index (χ4n) is 4.16. The van der Waals surface area contributed by atoms with Gasteiger partial charge in [0.25, 0.3) is 11.8 Å². The fourth-order valence-corrected chi connectivity index (χ4v) is 4.31. The molecule has 2 aromatic carbocycles.